The fourth-order valence-electron chi connectivity index (χ4n) is 5.43. The summed E-state index contributed by atoms with van der Waals surface area (Å²) in [5.41, 5.74) is 1.45. The first-order valence-electron chi connectivity index (χ1n) is 13.0. The minimum Gasteiger partial charge on any atom is -0.340 e. The molecule has 0 bridgehead atoms. The molecule has 0 spiro atoms. The van der Waals surface area contributed by atoms with E-state index in [0.29, 0.717) is 18.4 Å². The molecule has 2 fully saturated rings. The summed E-state index contributed by atoms with van der Waals surface area (Å²) in [6.45, 7) is 3.91. The molecule has 2 aliphatic heterocycles. The predicted molar refractivity (Wildman–Crippen MR) is 150 cm³/mol. The van der Waals surface area contributed by atoms with Crippen molar-refractivity contribution in [2.75, 3.05) is 13.1 Å². The molecule has 3 atom stereocenters. The summed E-state index contributed by atoms with van der Waals surface area (Å²) in [7, 11) is -3.88. The lowest BCUT2D eigenvalue weighted by atomic mass is 10.0. The third-order valence-corrected chi connectivity index (χ3v) is 10.1. The van der Waals surface area contributed by atoms with Gasteiger partial charge in [0.1, 0.15) is 12.1 Å². The number of ketones is 1. The summed E-state index contributed by atoms with van der Waals surface area (Å²) >= 11 is 1.61. The molecule has 0 saturated carbocycles. The average Bonchev–Trinajstić information content (AvgIpc) is 3.67. The third kappa shape index (κ3) is 5.41. The Hall–Kier alpha value is -3.34. The van der Waals surface area contributed by atoms with Crippen LogP contribution < -0.4 is 5.32 Å². The third-order valence-electron chi connectivity index (χ3n) is 7.27. The van der Waals surface area contributed by atoms with Gasteiger partial charge in [-0.3, -0.25) is 14.4 Å². The van der Waals surface area contributed by atoms with E-state index in [1.54, 1.807) is 41.7 Å². The second-order valence-corrected chi connectivity index (χ2v) is 13.2. The van der Waals surface area contributed by atoms with Crippen molar-refractivity contribution in [2.24, 2.45) is 5.92 Å². The minimum atomic E-state index is -3.88. The van der Waals surface area contributed by atoms with E-state index in [2.05, 4.69) is 5.32 Å². The number of rotatable bonds is 8. The molecule has 0 aliphatic carbocycles. The summed E-state index contributed by atoms with van der Waals surface area (Å²) in [5.74, 6) is -0.919. The zero-order valence-corrected chi connectivity index (χ0v) is 23.5. The van der Waals surface area contributed by atoms with Crippen molar-refractivity contribution in [1.82, 2.24) is 14.5 Å². The predicted octanol–water partition coefficient (Wildman–Crippen LogP) is 3.80. The van der Waals surface area contributed by atoms with Crippen LogP contribution in [-0.2, 0) is 19.6 Å². The molecule has 2 aliphatic rings. The van der Waals surface area contributed by atoms with E-state index >= 15 is 0 Å². The highest BCUT2D eigenvalue weighted by Gasteiger charge is 2.54. The molecule has 10 heteroatoms. The van der Waals surface area contributed by atoms with Crippen LogP contribution in [0, 0.1) is 5.92 Å². The molecule has 2 saturated heterocycles. The molecule has 1 N–H and O–H groups in total. The van der Waals surface area contributed by atoms with Crippen molar-refractivity contribution in [2.45, 2.75) is 49.7 Å². The van der Waals surface area contributed by atoms with Gasteiger partial charge >= 0.3 is 0 Å². The number of hydrogen-bond acceptors (Lipinski definition) is 6. The molecule has 2 aromatic carbocycles. The maximum Gasteiger partial charge on any atom is 0.251 e. The Morgan fingerprint density at radius 2 is 1.74 bits per heavy atom. The molecule has 39 heavy (non-hydrogen) atoms. The number of Topliss-reactive ketones (excluding diaryl/α,β-unsaturated/α-hetero) is 1. The summed E-state index contributed by atoms with van der Waals surface area (Å²) in [4.78, 5) is 42.7. The van der Waals surface area contributed by atoms with E-state index < -0.39 is 28.1 Å². The van der Waals surface area contributed by atoms with Gasteiger partial charge in [0.15, 0.2) is 5.78 Å². The van der Waals surface area contributed by atoms with Crippen LogP contribution in [0.25, 0.3) is 10.4 Å². The summed E-state index contributed by atoms with van der Waals surface area (Å²) in [5, 5.41) is 4.88. The van der Waals surface area contributed by atoms with Crippen molar-refractivity contribution in [3.8, 4) is 10.4 Å². The van der Waals surface area contributed by atoms with Crippen molar-refractivity contribution in [3.05, 3.63) is 77.7 Å². The second-order valence-electron chi connectivity index (χ2n) is 10.4. The normalized spacial score (nSPS) is 20.3. The van der Waals surface area contributed by atoms with Gasteiger partial charge in [-0.1, -0.05) is 50.2 Å². The molecule has 3 heterocycles. The first-order valence-corrected chi connectivity index (χ1v) is 15.3. The Morgan fingerprint density at radius 1 is 1.03 bits per heavy atom. The molecule has 0 radical (unpaired) electrons. The van der Waals surface area contributed by atoms with E-state index in [4.69, 9.17) is 0 Å². The van der Waals surface area contributed by atoms with Gasteiger partial charge in [0.25, 0.3) is 5.91 Å². The fourth-order valence-corrected chi connectivity index (χ4v) is 7.81. The Bertz CT molecular complexity index is 1450. The molecule has 8 nitrogen and oxygen atoms in total. The van der Waals surface area contributed by atoms with Crippen LogP contribution in [0.2, 0.25) is 0 Å². The first kappa shape index (κ1) is 27.2. The van der Waals surface area contributed by atoms with E-state index in [1.165, 1.54) is 21.3 Å². The highest BCUT2D eigenvalue weighted by molar-refractivity contribution is 7.89. The van der Waals surface area contributed by atoms with E-state index in [1.807, 2.05) is 43.5 Å². The maximum absolute atomic E-state index is 13.8. The number of fused-ring (bicyclic) bond motifs is 1. The molecule has 2 amide bonds. The van der Waals surface area contributed by atoms with Crippen LogP contribution >= 0.6 is 11.3 Å². The number of hydrogen-bond donors (Lipinski definition) is 1. The summed E-state index contributed by atoms with van der Waals surface area (Å²) in [6, 6.07) is 16.9. The standard InChI is InChI=1S/C29H31N3O5S2/c1-19(2)17-23(30-28(34)21-12-10-20(11-13-21)26-9-6-16-38-26)29(35)31-15-14-24-27(31)25(33)18-32(24)39(36,37)22-7-4-3-5-8-22/h3-13,16,19,23-24,27H,14-15,17-18H2,1-2H3,(H,30,34)/t23-,24?,27?/m0/s1. The number of nitrogens with one attached hydrogen (secondary N) is 1. The van der Waals surface area contributed by atoms with Crippen molar-refractivity contribution in [3.63, 3.8) is 0 Å². The number of amides is 2. The first-order chi connectivity index (χ1) is 18.7. The van der Waals surface area contributed by atoms with Gasteiger partial charge in [-0.25, -0.2) is 8.42 Å². The quantitative estimate of drug-likeness (QED) is 0.448. The number of carbonyl (C=O) groups excluding carboxylic acids is 3. The molecule has 1 aromatic heterocycles. The fraction of sp³-hybridized carbons (Fsp3) is 0.345. The lowest BCUT2D eigenvalue weighted by Crippen LogP contribution is -2.53. The average molecular weight is 566 g/mol. The molecule has 5 rings (SSSR count). The second kappa shape index (κ2) is 11.0. The van der Waals surface area contributed by atoms with Gasteiger partial charge in [-0.2, -0.15) is 4.31 Å². The Kier molecular flexibility index (Phi) is 7.70. The van der Waals surface area contributed by atoms with Gasteiger partial charge in [0.05, 0.1) is 17.5 Å². The lowest BCUT2D eigenvalue weighted by Gasteiger charge is -2.29. The number of likely N-dealkylation sites (tertiary alicyclic amines) is 1. The highest BCUT2D eigenvalue weighted by Crippen LogP contribution is 2.34. The molecular weight excluding hydrogens is 534 g/mol. The van der Waals surface area contributed by atoms with Crippen LogP contribution in [-0.4, -0.2) is 66.4 Å². The van der Waals surface area contributed by atoms with Gasteiger partial charge in [0.2, 0.25) is 15.9 Å². The topological polar surface area (TPSA) is 104 Å². The van der Waals surface area contributed by atoms with Crippen molar-refractivity contribution in [1.29, 1.82) is 0 Å². The number of sulfonamides is 1. The monoisotopic (exact) mass is 565 g/mol. The number of nitrogens with zero attached hydrogens (tertiary/aromatic N) is 2. The maximum atomic E-state index is 13.8. The number of thiophene rings is 1. The lowest BCUT2D eigenvalue weighted by molar-refractivity contribution is -0.138. The molecule has 2 unspecified atom stereocenters. The van der Waals surface area contributed by atoms with E-state index in [0.717, 1.165) is 10.4 Å². The number of carbonyl (C=O) groups is 3. The summed E-state index contributed by atoms with van der Waals surface area (Å²) < 4.78 is 27.8. The molecule has 204 valence electrons. The molecule has 3 aromatic rings. The van der Waals surface area contributed by atoms with E-state index in [-0.39, 0.29) is 41.5 Å². The smallest absolute Gasteiger partial charge is 0.251 e. The van der Waals surface area contributed by atoms with Crippen LogP contribution in [0.3, 0.4) is 0 Å². The van der Waals surface area contributed by atoms with E-state index in [9.17, 15) is 22.8 Å². The van der Waals surface area contributed by atoms with Gasteiger partial charge in [-0.15, -0.1) is 11.3 Å². The summed E-state index contributed by atoms with van der Waals surface area (Å²) in [6.07, 6.45) is 0.757. The van der Waals surface area contributed by atoms with Crippen molar-refractivity contribution >= 4 is 39.0 Å². The minimum absolute atomic E-state index is 0.105. The van der Waals surface area contributed by atoms with Crippen LogP contribution in [0.4, 0.5) is 0 Å². The van der Waals surface area contributed by atoms with Crippen LogP contribution in [0.15, 0.2) is 77.0 Å². The van der Waals surface area contributed by atoms with Crippen molar-refractivity contribution < 1.29 is 22.8 Å². The molecular formula is C29H31N3O5S2. The van der Waals surface area contributed by atoms with Gasteiger partial charge < -0.3 is 10.2 Å². The number of benzene rings is 2. The Balaban J connectivity index is 1.33. The van der Waals surface area contributed by atoms with Crippen LogP contribution in [0.1, 0.15) is 37.0 Å². The zero-order chi connectivity index (χ0) is 27.7. The van der Waals surface area contributed by atoms with Crippen LogP contribution in [0.5, 0.6) is 0 Å². The zero-order valence-electron chi connectivity index (χ0n) is 21.8. The Labute approximate surface area is 232 Å². The highest BCUT2D eigenvalue weighted by atomic mass is 32.2. The SMILES string of the molecule is CC(C)C[C@H](NC(=O)c1ccc(-c2cccs2)cc1)C(=O)N1CCC2C1C(=O)CN2S(=O)(=O)c1ccccc1. The largest absolute Gasteiger partial charge is 0.340 e. The van der Waals surface area contributed by atoms with Gasteiger partial charge in [0, 0.05) is 17.0 Å². The Morgan fingerprint density at radius 3 is 2.38 bits per heavy atom. The van der Waals surface area contributed by atoms with Gasteiger partial charge in [-0.05, 0) is 60.0 Å².